The van der Waals surface area contributed by atoms with E-state index in [1.54, 1.807) is 13.8 Å². The van der Waals surface area contributed by atoms with Gasteiger partial charge in [-0.25, -0.2) is 13.1 Å². The molecule has 1 heterocycles. The lowest BCUT2D eigenvalue weighted by Crippen LogP contribution is -2.36. The number of hydrogen-bond acceptors (Lipinski definition) is 4. The molecule has 0 aromatic carbocycles. The van der Waals surface area contributed by atoms with Gasteiger partial charge in [0.1, 0.15) is 16.4 Å². The van der Waals surface area contributed by atoms with Gasteiger partial charge in [0.2, 0.25) is 10.0 Å². The molecular formula is C15H26N2O3S. The van der Waals surface area contributed by atoms with Crippen LogP contribution >= 0.6 is 0 Å². The molecule has 0 atom stereocenters. The van der Waals surface area contributed by atoms with E-state index in [1.165, 1.54) is 12.8 Å². The lowest BCUT2D eigenvalue weighted by molar-refractivity contribution is 0.285. The van der Waals surface area contributed by atoms with Gasteiger partial charge in [0, 0.05) is 18.7 Å². The summed E-state index contributed by atoms with van der Waals surface area (Å²) in [4.78, 5) is 0.228. The number of rotatable bonds is 6. The minimum absolute atomic E-state index is 0.114. The SMILES string of the molecule is CCC1(CNS(=O)(=O)c2c(C)oc(C)c2CN)CCCC1. The summed E-state index contributed by atoms with van der Waals surface area (Å²) in [5.74, 6) is 0.999. The molecule has 6 heteroatoms. The molecule has 1 aliphatic carbocycles. The van der Waals surface area contributed by atoms with E-state index in [9.17, 15) is 8.42 Å². The van der Waals surface area contributed by atoms with Crippen molar-refractivity contribution in [2.24, 2.45) is 11.1 Å². The van der Waals surface area contributed by atoms with Gasteiger partial charge in [-0.05, 0) is 38.5 Å². The molecule has 0 radical (unpaired) electrons. The van der Waals surface area contributed by atoms with E-state index < -0.39 is 10.0 Å². The highest BCUT2D eigenvalue weighted by Gasteiger charge is 2.34. The van der Waals surface area contributed by atoms with Crippen molar-refractivity contribution < 1.29 is 12.8 Å². The Balaban J connectivity index is 2.23. The van der Waals surface area contributed by atoms with Gasteiger partial charge in [0.25, 0.3) is 0 Å². The monoisotopic (exact) mass is 314 g/mol. The first-order valence-electron chi connectivity index (χ1n) is 7.64. The largest absolute Gasteiger partial charge is 0.465 e. The normalized spacial score (nSPS) is 18.3. The zero-order valence-corrected chi connectivity index (χ0v) is 14.0. The summed E-state index contributed by atoms with van der Waals surface area (Å²) >= 11 is 0. The summed E-state index contributed by atoms with van der Waals surface area (Å²) in [6.45, 7) is 6.22. The van der Waals surface area contributed by atoms with Crippen molar-refractivity contribution in [2.45, 2.75) is 64.3 Å². The summed E-state index contributed by atoms with van der Waals surface area (Å²) in [5.41, 5.74) is 6.37. The van der Waals surface area contributed by atoms with Gasteiger partial charge in [-0.2, -0.15) is 0 Å². The third-order valence-corrected chi connectivity index (χ3v) is 6.44. The maximum atomic E-state index is 12.6. The van der Waals surface area contributed by atoms with E-state index in [1.807, 2.05) is 0 Å². The Morgan fingerprint density at radius 2 is 1.86 bits per heavy atom. The maximum Gasteiger partial charge on any atom is 0.244 e. The van der Waals surface area contributed by atoms with Crippen molar-refractivity contribution in [2.75, 3.05) is 6.54 Å². The molecule has 0 bridgehead atoms. The molecule has 1 aromatic rings. The van der Waals surface area contributed by atoms with E-state index in [0.717, 1.165) is 19.3 Å². The van der Waals surface area contributed by atoms with Gasteiger partial charge < -0.3 is 10.2 Å². The minimum atomic E-state index is -3.57. The second kappa shape index (κ2) is 6.10. The molecule has 0 amide bonds. The molecule has 0 spiro atoms. The molecule has 3 N–H and O–H groups in total. The van der Waals surface area contributed by atoms with Crippen LogP contribution in [0.15, 0.2) is 9.31 Å². The molecule has 0 unspecified atom stereocenters. The first-order chi connectivity index (χ1) is 9.85. The smallest absolute Gasteiger partial charge is 0.244 e. The van der Waals surface area contributed by atoms with Crippen LogP contribution in [0.5, 0.6) is 0 Å². The number of nitrogens with two attached hydrogens (primary N) is 1. The van der Waals surface area contributed by atoms with Crippen molar-refractivity contribution >= 4 is 10.0 Å². The zero-order chi connectivity index (χ0) is 15.7. The van der Waals surface area contributed by atoms with Crippen molar-refractivity contribution in [3.8, 4) is 0 Å². The van der Waals surface area contributed by atoms with E-state index in [0.29, 0.717) is 23.6 Å². The van der Waals surface area contributed by atoms with Gasteiger partial charge in [-0.15, -0.1) is 0 Å². The standard InChI is InChI=1S/C15H26N2O3S/c1-4-15(7-5-6-8-15)10-17-21(18,19)14-12(3)20-11(2)13(14)9-16/h17H,4-10,16H2,1-3H3. The third kappa shape index (κ3) is 3.17. The fraction of sp³-hybridized carbons (Fsp3) is 0.733. The summed E-state index contributed by atoms with van der Waals surface area (Å²) in [5, 5.41) is 0. The van der Waals surface area contributed by atoms with E-state index in [4.69, 9.17) is 10.2 Å². The lowest BCUT2D eigenvalue weighted by Gasteiger charge is -2.27. The predicted octanol–water partition coefficient (Wildman–Crippen LogP) is 2.60. The number of sulfonamides is 1. The Labute approximate surface area is 127 Å². The lowest BCUT2D eigenvalue weighted by atomic mass is 9.84. The zero-order valence-electron chi connectivity index (χ0n) is 13.2. The van der Waals surface area contributed by atoms with Crippen LogP contribution in [-0.4, -0.2) is 15.0 Å². The Morgan fingerprint density at radius 1 is 1.24 bits per heavy atom. The highest BCUT2D eigenvalue weighted by Crippen LogP contribution is 2.40. The van der Waals surface area contributed by atoms with Crippen LogP contribution in [0.25, 0.3) is 0 Å². The van der Waals surface area contributed by atoms with Crippen molar-refractivity contribution in [1.82, 2.24) is 4.72 Å². The average Bonchev–Trinajstić information content (AvgIpc) is 3.01. The average molecular weight is 314 g/mol. The summed E-state index contributed by atoms with van der Waals surface area (Å²) in [6, 6.07) is 0. The fourth-order valence-electron chi connectivity index (χ4n) is 3.40. The van der Waals surface area contributed by atoms with Gasteiger partial charge in [-0.1, -0.05) is 19.8 Å². The molecule has 2 rings (SSSR count). The number of aryl methyl sites for hydroxylation is 2. The molecule has 1 fully saturated rings. The van der Waals surface area contributed by atoms with Gasteiger partial charge >= 0.3 is 0 Å². The van der Waals surface area contributed by atoms with Crippen LogP contribution < -0.4 is 10.5 Å². The molecular weight excluding hydrogens is 288 g/mol. The Morgan fingerprint density at radius 3 is 2.38 bits per heavy atom. The summed E-state index contributed by atoms with van der Waals surface area (Å²) < 4.78 is 33.5. The van der Waals surface area contributed by atoms with Crippen molar-refractivity contribution in [3.63, 3.8) is 0 Å². The fourth-order valence-corrected chi connectivity index (χ4v) is 5.01. The van der Waals surface area contributed by atoms with Crippen LogP contribution in [0.4, 0.5) is 0 Å². The highest BCUT2D eigenvalue weighted by atomic mass is 32.2. The second-order valence-corrected chi connectivity index (χ2v) is 7.82. The minimum Gasteiger partial charge on any atom is -0.465 e. The molecule has 120 valence electrons. The number of nitrogens with one attached hydrogen (secondary N) is 1. The first kappa shape index (κ1) is 16.5. The van der Waals surface area contributed by atoms with Gasteiger partial charge in [0.15, 0.2) is 0 Å². The summed E-state index contributed by atoms with van der Waals surface area (Å²) in [7, 11) is -3.57. The molecule has 0 aliphatic heterocycles. The van der Waals surface area contributed by atoms with E-state index in [2.05, 4.69) is 11.6 Å². The molecule has 0 saturated heterocycles. The van der Waals surface area contributed by atoms with E-state index in [-0.39, 0.29) is 16.9 Å². The molecule has 1 saturated carbocycles. The van der Waals surface area contributed by atoms with Crippen molar-refractivity contribution in [3.05, 3.63) is 17.1 Å². The van der Waals surface area contributed by atoms with Crippen molar-refractivity contribution in [1.29, 1.82) is 0 Å². The molecule has 5 nitrogen and oxygen atoms in total. The Kier molecular flexibility index (Phi) is 4.80. The first-order valence-corrected chi connectivity index (χ1v) is 9.12. The maximum absolute atomic E-state index is 12.6. The van der Waals surface area contributed by atoms with E-state index >= 15 is 0 Å². The molecule has 1 aliphatic rings. The molecule has 21 heavy (non-hydrogen) atoms. The van der Waals surface area contributed by atoms with Crippen LogP contribution in [0.2, 0.25) is 0 Å². The number of hydrogen-bond donors (Lipinski definition) is 2. The quantitative estimate of drug-likeness (QED) is 0.845. The second-order valence-electron chi connectivity index (χ2n) is 6.11. The Bertz CT molecular complexity index is 599. The van der Waals surface area contributed by atoms with Crippen LogP contribution in [0.1, 0.15) is 56.1 Å². The third-order valence-electron chi connectivity index (χ3n) is 4.85. The Hall–Kier alpha value is -0.850. The van der Waals surface area contributed by atoms with Crippen LogP contribution in [0, 0.1) is 19.3 Å². The van der Waals surface area contributed by atoms with Crippen LogP contribution in [0.3, 0.4) is 0 Å². The van der Waals surface area contributed by atoms with Gasteiger partial charge in [-0.3, -0.25) is 0 Å². The predicted molar refractivity (Wildman–Crippen MR) is 82.5 cm³/mol. The summed E-state index contributed by atoms with van der Waals surface area (Å²) in [6.07, 6.45) is 5.57. The van der Waals surface area contributed by atoms with Gasteiger partial charge in [0.05, 0.1) is 0 Å². The highest BCUT2D eigenvalue weighted by molar-refractivity contribution is 7.89. The van der Waals surface area contributed by atoms with Crippen LogP contribution in [-0.2, 0) is 16.6 Å². The topological polar surface area (TPSA) is 85.3 Å². The molecule has 1 aromatic heterocycles. The number of furan rings is 1.